The quantitative estimate of drug-likeness (QED) is 0.817. The minimum atomic E-state index is -4.49. The first-order valence-electron chi connectivity index (χ1n) is 8.03. The van der Waals surface area contributed by atoms with Crippen molar-refractivity contribution in [3.05, 3.63) is 60.2 Å². The Balaban J connectivity index is 1.68. The molecule has 3 amide bonds. The third-order valence-electron chi connectivity index (χ3n) is 3.93. The number of hydrogen-bond acceptors (Lipinski definition) is 3. The fraction of sp³-hybridized carbons (Fsp3) is 0.222. The highest BCUT2D eigenvalue weighted by molar-refractivity contribution is 7.99. The summed E-state index contributed by atoms with van der Waals surface area (Å²) >= 11 is 1.40. The highest BCUT2D eigenvalue weighted by atomic mass is 32.2. The van der Waals surface area contributed by atoms with E-state index in [0.29, 0.717) is 17.3 Å². The van der Waals surface area contributed by atoms with Gasteiger partial charge in [-0.15, -0.1) is 11.8 Å². The van der Waals surface area contributed by atoms with Gasteiger partial charge < -0.3 is 15.5 Å². The molecule has 0 radical (unpaired) electrons. The van der Waals surface area contributed by atoms with Crippen LogP contribution in [0.3, 0.4) is 0 Å². The van der Waals surface area contributed by atoms with Crippen LogP contribution in [0.2, 0.25) is 0 Å². The maximum atomic E-state index is 12.8. The van der Waals surface area contributed by atoms with E-state index in [2.05, 4.69) is 10.6 Å². The first-order valence-corrected chi connectivity index (χ1v) is 9.18. The number of nitrogens with one attached hydrogen (secondary N) is 2. The minimum Gasteiger partial charge on any atom is -0.324 e. The van der Waals surface area contributed by atoms with Crippen LogP contribution in [0.4, 0.5) is 29.3 Å². The van der Waals surface area contributed by atoms with Gasteiger partial charge in [-0.25, -0.2) is 4.79 Å². The molecular formula is C18H16F3N3O2S. The Morgan fingerprint density at radius 3 is 2.41 bits per heavy atom. The molecule has 0 saturated carbocycles. The number of halogens is 3. The van der Waals surface area contributed by atoms with Crippen LogP contribution in [-0.2, 0) is 11.0 Å². The molecule has 2 aromatic carbocycles. The molecule has 1 fully saturated rings. The molecule has 0 bridgehead atoms. The third kappa shape index (κ3) is 4.73. The summed E-state index contributed by atoms with van der Waals surface area (Å²) in [6.07, 6.45) is -4.49. The minimum absolute atomic E-state index is 0.0372. The van der Waals surface area contributed by atoms with Crippen LogP contribution in [0, 0.1) is 0 Å². The molecular weight excluding hydrogens is 379 g/mol. The smallest absolute Gasteiger partial charge is 0.324 e. The number of amides is 3. The van der Waals surface area contributed by atoms with E-state index in [0.717, 1.165) is 12.1 Å². The van der Waals surface area contributed by atoms with Crippen molar-refractivity contribution in [2.75, 3.05) is 22.3 Å². The molecule has 0 unspecified atom stereocenters. The van der Waals surface area contributed by atoms with Crippen molar-refractivity contribution >= 4 is 35.1 Å². The molecule has 9 heteroatoms. The van der Waals surface area contributed by atoms with Crippen molar-refractivity contribution in [2.45, 2.75) is 12.2 Å². The molecule has 0 aromatic heterocycles. The number of hydrogen-bond donors (Lipinski definition) is 2. The number of rotatable bonds is 3. The maximum Gasteiger partial charge on any atom is 0.416 e. The Labute approximate surface area is 157 Å². The maximum absolute atomic E-state index is 12.8. The number of carbonyl (C=O) groups excluding carboxylic acids is 2. The SMILES string of the molecule is O=C(Nc1cccc(C(F)(F)F)c1)[C@H]1CSCN1C(=O)Nc1ccccc1. The summed E-state index contributed by atoms with van der Waals surface area (Å²) in [6.45, 7) is 0. The summed E-state index contributed by atoms with van der Waals surface area (Å²) < 4.78 is 38.4. The van der Waals surface area contributed by atoms with Gasteiger partial charge in [0.1, 0.15) is 6.04 Å². The Bertz CT molecular complexity index is 830. The van der Waals surface area contributed by atoms with E-state index < -0.39 is 29.7 Å². The van der Waals surface area contributed by atoms with E-state index in [1.165, 1.54) is 28.8 Å². The Hall–Kier alpha value is -2.68. The van der Waals surface area contributed by atoms with E-state index in [1.807, 2.05) is 6.07 Å². The van der Waals surface area contributed by atoms with Crippen molar-refractivity contribution in [3.63, 3.8) is 0 Å². The second kappa shape index (κ2) is 7.91. The highest BCUT2D eigenvalue weighted by Gasteiger charge is 2.35. The van der Waals surface area contributed by atoms with Gasteiger partial charge in [-0.2, -0.15) is 13.2 Å². The summed E-state index contributed by atoms with van der Waals surface area (Å²) in [7, 11) is 0. The van der Waals surface area contributed by atoms with Gasteiger partial charge in [0, 0.05) is 17.1 Å². The Kier molecular flexibility index (Phi) is 5.59. The van der Waals surface area contributed by atoms with Crippen LogP contribution in [0.25, 0.3) is 0 Å². The molecule has 1 aliphatic rings. The van der Waals surface area contributed by atoms with Crippen LogP contribution in [0.5, 0.6) is 0 Å². The summed E-state index contributed by atoms with van der Waals surface area (Å²) in [5.74, 6) is 0.161. The van der Waals surface area contributed by atoms with Gasteiger partial charge in [-0.1, -0.05) is 24.3 Å². The second-order valence-electron chi connectivity index (χ2n) is 5.85. The molecule has 0 aliphatic carbocycles. The molecule has 3 rings (SSSR count). The first-order chi connectivity index (χ1) is 12.8. The monoisotopic (exact) mass is 395 g/mol. The summed E-state index contributed by atoms with van der Waals surface area (Å²) in [6, 6.07) is 12.0. The molecule has 1 heterocycles. The van der Waals surface area contributed by atoms with Crippen molar-refractivity contribution in [2.24, 2.45) is 0 Å². The van der Waals surface area contributed by atoms with Gasteiger partial charge in [0.05, 0.1) is 11.4 Å². The predicted molar refractivity (Wildman–Crippen MR) is 98.5 cm³/mol. The topological polar surface area (TPSA) is 61.4 Å². The zero-order valence-electron chi connectivity index (χ0n) is 14.0. The van der Waals surface area contributed by atoms with Gasteiger partial charge in [0.15, 0.2) is 0 Å². The van der Waals surface area contributed by atoms with E-state index in [9.17, 15) is 22.8 Å². The van der Waals surface area contributed by atoms with Gasteiger partial charge in [0.2, 0.25) is 5.91 Å². The van der Waals surface area contributed by atoms with Crippen LogP contribution >= 0.6 is 11.8 Å². The molecule has 1 atom stereocenters. The summed E-state index contributed by atoms with van der Waals surface area (Å²) in [5.41, 5.74) is -0.216. The van der Waals surface area contributed by atoms with Gasteiger partial charge in [0.25, 0.3) is 0 Å². The number of thioether (sulfide) groups is 1. The van der Waals surface area contributed by atoms with Crippen molar-refractivity contribution < 1.29 is 22.8 Å². The molecule has 1 aliphatic heterocycles. The fourth-order valence-electron chi connectivity index (χ4n) is 2.58. The number of urea groups is 1. The predicted octanol–water partition coefficient (Wildman–Crippen LogP) is 4.25. The average molecular weight is 395 g/mol. The first kappa shape index (κ1) is 19.1. The van der Waals surface area contributed by atoms with Crippen LogP contribution in [0.1, 0.15) is 5.56 Å². The molecule has 2 aromatic rings. The fourth-order valence-corrected chi connectivity index (χ4v) is 3.73. The molecule has 5 nitrogen and oxygen atoms in total. The number of nitrogens with zero attached hydrogens (tertiary/aromatic N) is 1. The van der Waals surface area contributed by atoms with Crippen molar-refractivity contribution in [1.82, 2.24) is 4.90 Å². The van der Waals surface area contributed by atoms with Gasteiger partial charge in [-0.05, 0) is 30.3 Å². The molecule has 142 valence electrons. The zero-order valence-corrected chi connectivity index (χ0v) is 14.8. The molecule has 2 N–H and O–H groups in total. The lowest BCUT2D eigenvalue weighted by molar-refractivity contribution is -0.137. The van der Waals surface area contributed by atoms with E-state index in [-0.39, 0.29) is 5.69 Å². The van der Waals surface area contributed by atoms with Crippen LogP contribution in [-0.4, -0.2) is 34.5 Å². The summed E-state index contributed by atoms with van der Waals surface area (Å²) in [4.78, 5) is 26.3. The van der Waals surface area contributed by atoms with E-state index in [4.69, 9.17) is 0 Å². The van der Waals surface area contributed by atoms with Gasteiger partial charge in [-0.3, -0.25) is 4.79 Å². The molecule has 0 spiro atoms. The van der Waals surface area contributed by atoms with Crippen molar-refractivity contribution in [3.8, 4) is 0 Å². The van der Waals surface area contributed by atoms with Gasteiger partial charge >= 0.3 is 12.2 Å². The number of alkyl halides is 3. The third-order valence-corrected chi connectivity index (χ3v) is 4.94. The standard InChI is InChI=1S/C18H16F3N3O2S/c19-18(20,21)12-5-4-8-14(9-12)22-16(25)15-10-27-11-24(15)17(26)23-13-6-2-1-3-7-13/h1-9,15H,10-11H2,(H,22,25)(H,23,26)/t15-/m1/s1. The lowest BCUT2D eigenvalue weighted by atomic mass is 10.2. The molecule has 27 heavy (non-hydrogen) atoms. The Morgan fingerprint density at radius 1 is 1.00 bits per heavy atom. The van der Waals surface area contributed by atoms with Crippen LogP contribution in [0.15, 0.2) is 54.6 Å². The zero-order chi connectivity index (χ0) is 19.4. The van der Waals surface area contributed by atoms with Crippen molar-refractivity contribution in [1.29, 1.82) is 0 Å². The lowest BCUT2D eigenvalue weighted by Crippen LogP contribution is -2.46. The number of anilines is 2. The average Bonchev–Trinajstić information content (AvgIpc) is 3.12. The number of benzene rings is 2. The largest absolute Gasteiger partial charge is 0.416 e. The van der Waals surface area contributed by atoms with Crippen LogP contribution < -0.4 is 10.6 Å². The lowest BCUT2D eigenvalue weighted by Gasteiger charge is -2.23. The molecule has 1 saturated heterocycles. The van der Waals surface area contributed by atoms with E-state index in [1.54, 1.807) is 24.3 Å². The summed E-state index contributed by atoms with van der Waals surface area (Å²) in [5, 5.41) is 5.18. The van der Waals surface area contributed by atoms with E-state index >= 15 is 0 Å². The number of para-hydroxylation sites is 1. The second-order valence-corrected chi connectivity index (χ2v) is 6.85. The number of carbonyl (C=O) groups is 2. The highest BCUT2D eigenvalue weighted by Crippen LogP contribution is 2.31. The Morgan fingerprint density at radius 2 is 1.70 bits per heavy atom. The normalized spacial score (nSPS) is 16.9.